The van der Waals surface area contributed by atoms with E-state index in [1.54, 1.807) is 19.1 Å². The number of carbonyl (C=O) groups is 1. The van der Waals surface area contributed by atoms with Gasteiger partial charge < -0.3 is 15.3 Å². The zero-order valence-electron chi connectivity index (χ0n) is 13.1. The van der Waals surface area contributed by atoms with Gasteiger partial charge in [0.15, 0.2) is 6.61 Å². The summed E-state index contributed by atoms with van der Waals surface area (Å²) >= 11 is 0. The topological polar surface area (TPSA) is 70.9 Å². The first kappa shape index (κ1) is 17.0. The summed E-state index contributed by atoms with van der Waals surface area (Å²) in [6.45, 7) is 7.85. The van der Waals surface area contributed by atoms with Crippen LogP contribution in [0.4, 0.5) is 0 Å². The number of carbonyl (C=O) groups excluding carboxylic acids is 1. The highest BCUT2D eigenvalue weighted by Crippen LogP contribution is 2.13. The third kappa shape index (κ3) is 6.29. The Morgan fingerprint density at radius 2 is 1.90 bits per heavy atom. The molecule has 0 saturated heterocycles. The lowest BCUT2D eigenvalue weighted by Gasteiger charge is -2.17. The van der Waals surface area contributed by atoms with Gasteiger partial charge in [0.2, 0.25) is 0 Å². The zero-order chi connectivity index (χ0) is 15.8. The van der Waals surface area contributed by atoms with Crippen LogP contribution >= 0.6 is 0 Å². The van der Waals surface area contributed by atoms with Gasteiger partial charge in [-0.05, 0) is 37.5 Å². The van der Waals surface area contributed by atoms with Gasteiger partial charge in [-0.2, -0.15) is 0 Å². The molecule has 0 saturated carbocycles. The molecule has 1 amide bonds. The van der Waals surface area contributed by atoms with E-state index < -0.39 is 0 Å². The van der Waals surface area contributed by atoms with Crippen LogP contribution < -0.4 is 10.1 Å². The third-order valence-electron chi connectivity index (χ3n) is 3.31. The van der Waals surface area contributed by atoms with Crippen LogP contribution in [0.15, 0.2) is 29.4 Å². The second-order valence-electron chi connectivity index (χ2n) is 5.54. The maximum atomic E-state index is 11.7. The van der Waals surface area contributed by atoms with Crippen LogP contribution in [0.2, 0.25) is 0 Å². The molecule has 0 radical (unpaired) electrons. The quantitative estimate of drug-likeness (QED) is 0.461. The van der Waals surface area contributed by atoms with Crippen molar-refractivity contribution < 1.29 is 14.7 Å². The summed E-state index contributed by atoms with van der Waals surface area (Å²) in [5.74, 6) is 0.915. The minimum atomic E-state index is -0.122. The monoisotopic (exact) mass is 292 g/mol. The van der Waals surface area contributed by atoms with Crippen molar-refractivity contribution >= 4 is 11.6 Å². The first-order valence-corrected chi connectivity index (χ1v) is 7.11. The molecule has 0 aliphatic carbocycles. The van der Waals surface area contributed by atoms with Gasteiger partial charge in [0.1, 0.15) is 5.75 Å². The van der Waals surface area contributed by atoms with Gasteiger partial charge in [-0.3, -0.25) is 4.79 Å². The number of ether oxygens (including phenoxy) is 1. The Bertz CT molecular complexity index is 481. The van der Waals surface area contributed by atoms with Crippen LogP contribution in [-0.2, 0) is 11.2 Å². The van der Waals surface area contributed by atoms with Crippen molar-refractivity contribution in [1.82, 2.24) is 5.32 Å². The molecular formula is C16H24N2O3. The van der Waals surface area contributed by atoms with E-state index >= 15 is 0 Å². The second-order valence-corrected chi connectivity index (χ2v) is 5.54. The predicted octanol–water partition coefficient (Wildman–Crippen LogP) is 2.62. The summed E-state index contributed by atoms with van der Waals surface area (Å²) in [6, 6.07) is 7.51. The second kappa shape index (κ2) is 8.29. The van der Waals surface area contributed by atoms with E-state index in [2.05, 4.69) is 24.3 Å². The van der Waals surface area contributed by atoms with Gasteiger partial charge >= 0.3 is 0 Å². The molecule has 0 aromatic heterocycles. The van der Waals surface area contributed by atoms with E-state index in [4.69, 9.17) is 9.94 Å². The summed E-state index contributed by atoms with van der Waals surface area (Å²) in [5.41, 5.74) is 1.67. The SMILES string of the molecule is C/C(Cc1ccc(OCC(=O)NC(C)C(C)C)cc1)=N\O. The van der Waals surface area contributed by atoms with E-state index in [1.807, 2.05) is 19.1 Å². The fraction of sp³-hybridized carbons (Fsp3) is 0.500. The van der Waals surface area contributed by atoms with Crippen LogP contribution in [-0.4, -0.2) is 29.5 Å². The van der Waals surface area contributed by atoms with Crippen molar-refractivity contribution in [3.05, 3.63) is 29.8 Å². The maximum absolute atomic E-state index is 11.7. The van der Waals surface area contributed by atoms with Crippen molar-refractivity contribution in [3.8, 4) is 5.75 Å². The minimum Gasteiger partial charge on any atom is -0.484 e. The molecule has 2 N–H and O–H groups in total. The van der Waals surface area contributed by atoms with Crippen molar-refractivity contribution in [1.29, 1.82) is 0 Å². The Morgan fingerprint density at radius 1 is 1.29 bits per heavy atom. The summed E-state index contributed by atoms with van der Waals surface area (Å²) in [4.78, 5) is 11.7. The molecule has 0 aliphatic rings. The fourth-order valence-electron chi connectivity index (χ4n) is 1.65. The fourth-order valence-corrected chi connectivity index (χ4v) is 1.65. The molecule has 1 aromatic rings. The molecule has 1 rings (SSSR count). The molecule has 21 heavy (non-hydrogen) atoms. The van der Waals surface area contributed by atoms with Gasteiger partial charge in [-0.1, -0.05) is 31.1 Å². The molecule has 0 aliphatic heterocycles. The van der Waals surface area contributed by atoms with Crippen LogP contribution in [0, 0.1) is 5.92 Å². The Morgan fingerprint density at radius 3 is 2.43 bits per heavy atom. The number of rotatable bonds is 7. The number of benzene rings is 1. The summed E-state index contributed by atoms with van der Waals surface area (Å²) in [6.07, 6.45) is 0.586. The Kier molecular flexibility index (Phi) is 6.72. The molecule has 0 spiro atoms. The van der Waals surface area contributed by atoms with E-state index in [0.717, 1.165) is 5.56 Å². The first-order chi connectivity index (χ1) is 9.92. The Balaban J connectivity index is 2.44. The highest BCUT2D eigenvalue weighted by atomic mass is 16.5. The van der Waals surface area contributed by atoms with Gasteiger partial charge in [0.05, 0.1) is 5.71 Å². The smallest absolute Gasteiger partial charge is 0.258 e. The molecule has 0 bridgehead atoms. The van der Waals surface area contributed by atoms with Crippen LogP contribution in [0.3, 0.4) is 0 Å². The van der Waals surface area contributed by atoms with E-state index in [0.29, 0.717) is 23.8 Å². The number of oxime groups is 1. The molecule has 0 heterocycles. The average Bonchev–Trinajstić information content (AvgIpc) is 2.46. The molecule has 116 valence electrons. The molecule has 1 atom stereocenters. The Hall–Kier alpha value is -2.04. The Labute approximate surface area is 126 Å². The van der Waals surface area contributed by atoms with Gasteiger partial charge in [-0.25, -0.2) is 0 Å². The molecule has 1 unspecified atom stereocenters. The van der Waals surface area contributed by atoms with Crippen molar-refractivity contribution in [2.24, 2.45) is 11.1 Å². The lowest BCUT2D eigenvalue weighted by Crippen LogP contribution is -2.38. The van der Waals surface area contributed by atoms with E-state index in [9.17, 15) is 4.79 Å². The van der Waals surface area contributed by atoms with Gasteiger partial charge in [0.25, 0.3) is 5.91 Å². The van der Waals surface area contributed by atoms with Gasteiger partial charge in [-0.15, -0.1) is 0 Å². The highest BCUT2D eigenvalue weighted by molar-refractivity contribution is 5.83. The summed E-state index contributed by atoms with van der Waals surface area (Å²) in [7, 11) is 0. The molecule has 5 heteroatoms. The lowest BCUT2D eigenvalue weighted by atomic mass is 10.1. The number of amides is 1. The van der Waals surface area contributed by atoms with Crippen LogP contribution in [0.25, 0.3) is 0 Å². The average molecular weight is 292 g/mol. The normalized spacial score (nSPS) is 13.1. The van der Waals surface area contributed by atoms with E-state index in [1.165, 1.54) is 0 Å². The first-order valence-electron chi connectivity index (χ1n) is 7.11. The lowest BCUT2D eigenvalue weighted by molar-refractivity contribution is -0.124. The molecule has 1 aromatic carbocycles. The molecule has 0 fully saturated rings. The van der Waals surface area contributed by atoms with Gasteiger partial charge in [0, 0.05) is 12.5 Å². The zero-order valence-corrected chi connectivity index (χ0v) is 13.1. The summed E-state index contributed by atoms with van der Waals surface area (Å²) < 4.78 is 5.44. The number of nitrogens with one attached hydrogen (secondary N) is 1. The maximum Gasteiger partial charge on any atom is 0.258 e. The number of hydrogen-bond donors (Lipinski definition) is 2. The predicted molar refractivity (Wildman–Crippen MR) is 83.0 cm³/mol. The van der Waals surface area contributed by atoms with Crippen molar-refractivity contribution in [2.75, 3.05) is 6.61 Å². The van der Waals surface area contributed by atoms with Crippen LogP contribution in [0.5, 0.6) is 5.75 Å². The van der Waals surface area contributed by atoms with E-state index in [-0.39, 0.29) is 18.6 Å². The summed E-state index contributed by atoms with van der Waals surface area (Å²) in [5, 5.41) is 14.7. The van der Waals surface area contributed by atoms with Crippen LogP contribution in [0.1, 0.15) is 33.3 Å². The minimum absolute atomic E-state index is 0.00747. The highest BCUT2D eigenvalue weighted by Gasteiger charge is 2.11. The number of nitrogens with zero attached hydrogens (tertiary/aromatic N) is 1. The largest absolute Gasteiger partial charge is 0.484 e. The third-order valence-corrected chi connectivity index (χ3v) is 3.31. The standard InChI is InChI=1S/C16H24N2O3/c1-11(2)13(4)17-16(19)10-21-15-7-5-14(6-8-15)9-12(3)18-20/h5-8,11,13,20H,9-10H2,1-4H3,(H,17,19)/b18-12+. The van der Waals surface area contributed by atoms with Crippen molar-refractivity contribution in [3.63, 3.8) is 0 Å². The number of hydrogen-bond acceptors (Lipinski definition) is 4. The molecular weight excluding hydrogens is 268 g/mol. The molecule has 5 nitrogen and oxygen atoms in total. The van der Waals surface area contributed by atoms with Crippen molar-refractivity contribution in [2.45, 2.75) is 40.2 Å².